The highest BCUT2D eigenvalue weighted by molar-refractivity contribution is 5.92. The summed E-state index contributed by atoms with van der Waals surface area (Å²) >= 11 is 0. The summed E-state index contributed by atoms with van der Waals surface area (Å²) in [5, 5.41) is 3.09. The Morgan fingerprint density at radius 1 is 1.00 bits per heavy atom. The van der Waals surface area contributed by atoms with Crippen molar-refractivity contribution < 1.29 is 23.4 Å². The SMILES string of the molecule is COc1ccc(Cc2nc(C(=O)NCC3(c4ccc(OC)c(OC)c4)CCCC3)co2)cc1. The Balaban J connectivity index is 1.43. The van der Waals surface area contributed by atoms with Gasteiger partial charge >= 0.3 is 0 Å². The zero-order chi connectivity index (χ0) is 23.3. The second kappa shape index (κ2) is 9.98. The normalized spacial score (nSPS) is 14.6. The van der Waals surface area contributed by atoms with Crippen molar-refractivity contribution >= 4 is 5.91 Å². The third-order valence-corrected chi connectivity index (χ3v) is 6.44. The number of nitrogens with zero attached hydrogens (tertiary/aromatic N) is 1. The summed E-state index contributed by atoms with van der Waals surface area (Å²) in [5.74, 6) is 2.46. The maximum atomic E-state index is 12.9. The molecule has 33 heavy (non-hydrogen) atoms. The predicted molar refractivity (Wildman–Crippen MR) is 124 cm³/mol. The summed E-state index contributed by atoms with van der Waals surface area (Å²) in [6.07, 6.45) is 6.19. The number of hydrogen-bond donors (Lipinski definition) is 1. The van der Waals surface area contributed by atoms with E-state index >= 15 is 0 Å². The first-order valence-electron chi connectivity index (χ1n) is 11.1. The van der Waals surface area contributed by atoms with Gasteiger partial charge in [0.05, 0.1) is 21.3 Å². The van der Waals surface area contributed by atoms with Crippen molar-refractivity contribution in [2.24, 2.45) is 0 Å². The van der Waals surface area contributed by atoms with E-state index in [0.29, 0.717) is 36.0 Å². The Morgan fingerprint density at radius 2 is 1.73 bits per heavy atom. The number of ether oxygens (including phenoxy) is 3. The molecule has 1 aromatic heterocycles. The van der Waals surface area contributed by atoms with Crippen LogP contribution in [0.15, 0.2) is 53.1 Å². The number of carbonyl (C=O) groups is 1. The van der Waals surface area contributed by atoms with Gasteiger partial charge in [0.25, 0.3) is 5.91 Å². The molecular formula is C26H30N2O5. The number of nitrogens with one attached hydrogen (secondary N) is 1. The first-order chi connectivity index (χ1) is 16.1. The summed E-state index contributed by atoms with van der Waals surface area (Å²) in [7, 11) is 4.90. The Bertz CT molecular complexity index is 1080. The van der Waals surface area contributed by atoms with E-state index in [2.05, 4.69) is 16.4 Å². The molecule has 3 aromatic rings. The molecule has 174 valence electrons. The first kappa shape index (κ1) is 22.7. The van der Waals surface area contributed by atoms with E-state index < -0.39 is 0 Å². The van der Waals surface area contributed by atoms with Crippen molar-refractivity contribution in [3.8, 4) is 17.2 Å². The topological polar surface area (TPSA) is 82.8 Å². The van der Waals surface area contributed by atoms with Crippen molar-refractivity contribution in [3.05, 3.63) is 71.4 Å². The van der Waals surface area contributed by atoms with Crippen LogP contribution in [-0.2, 0) is 11.8 Å². The van der Waals surface area contributed by atoms with Crippen molar-refractivity contribution in [1.82, 2.24) is 10.3 Å². The second-order valence-electron chi connectivity index (χ2n) is 8.39. The average molecular weight is 451 g/mol. The van der Waals surface area contributed by atoms with Crippen molar-refractivity contribution in [3.63, 3.8) is 0 Å². The summed E-state index contributed by atoms with van der Waals surface area (Å²) in [5.41, 5.74) is 2.34. The molecule has 0 atom stereocenters. The maximum absolute atomic E-state index is 12.9. The average Bonchev–Trinajstić information content (AvgIpc) is 3.53. The molecule has 0 radical (unpaired) electrons. The van der Waals surface area contributed by atoms with Gasteiger partial charge in [0.1, 0.15) is 12.0 Å². The minimum absolute atomic E-state index is 0.134. The van der Waals surface area contributed by atoms with Crippen molar-refractivity contribution in [2.75, 3.05) is 27.9 Å². The van der Waals surface area contributed by atoms with Crippen LogP contribution in [0.25, 0.3) is 0 Å². The fraction of sp³-hybridized carbons (Fsp3) is 0.385. The van der Waals surface area contributed by atoms with Crippen LogP contribution in [0.2, 0.25) is 0 Å². The Morgan fingerprint density at radius 3 is 2.39 bits per heavy atom. The van der Waals surface area contributed by atoms with Crippen LogP contribution in [-0.4, -0.2) is 38.8 Å². The molecule has 1 amide bonds. The van der Waals surface area contributed by atoms with E-state index in [1.54, 1.807) is 21.3 Å². The molecule has 7 nitrogen and oxygen atoms in total. The molecule has 2 aromatic carbocycles. The summed E-state index contributed by atoms with van der Waals surface area (Å²) < 4.78 is 21.6. The number of hydrogen-bond acceptors (Lipinski definition) is 6. The molecule has 4 rings (SSSR count). The third kappa shape index (κ3) is 4.97. The molecule has 0 aliphatic heterocycles. The summed E-state index contributed by atoms with van der Waals surface area (Å²) in [6, 6.07) is 13.7. The molecular weight excluding hydrogens is 420 g/mol. The van der Waals surface area contributed by atoms with Crippen LogP contribution in [0.4, 0.5) is 0 Å². The van der Waals surface area contributed by atoms with Crippen LogP contribution in [0, 0.1) is 0 Å². The second-order valence-corrected chi connectivity index (χ2v) is 8.39. The van der Waals surface area contributed by atoms with E-state index in [-0.39, 0.29) is 11.3 Å². The first-order valence-corrected chi connectivity index (χ1v) is 11.1. The van der Waals surface area contributed by atoms with Crippen LogP contribution in [0.1, 0.15) is 53.2 Å². The monoisotopic (exact) mass is 450 g/mol. The number of amides is 1. The van der Waals surface area contributed by atoms with Crippen molar-refractivity contribution in [2.45, 2.75) is 37.5 Å². The molecule has 1 saturated carbocycles. The Labute approximate surface area is 194 Å². The molecule has 0 bridgehead atoms. The van der Waals surface area contributed by atoms with E-state index in [1.165, 1.54) is 6.26 Å². The lowest BCUT2D eigenvalue weighted by Crippen LogP contribution is -2.39. The summed E-state index contributed by atoms with van der Waals surface area (Å²) in [4.78, 5) is 17.2. The number of oxazole rings is 1. The Hall–Kier alpha value is -3.48. The third-order valence-electron chi connectivity index (χ3n) is 6.44. The van der Waals surface area contributed by atoms with Crippen LogP contribution in [0.3, 0.4) is 0 Å². The highest BCUT2D eigenvalue weighted by atomic mass is 16.5. The number of aromatic nitrogens is 1. The largest absolute Gasteiger partial charge is 0.497 e. The molecule has 0 spiro atoms. The van der Waals surface area contributed by atoms with Gasteiger partial charge in [-0.3, -0.25) is 4.79 Å². The molecule has 7 heteroatoms. The van der Waals surface area contributed by atoms with Crippen LogP contribution >= 0.6 is 0 Å². The lowest BCUT2D eigenvalue weighted by atomic mass is 9.78. The lowest BCUT2D eigenvalue weighted by molar-refractivity contribution is 0.0938. The van der Waals surface area contributed by atoms with Crippen molar-refractivity contribution in [1.29, 1.82) is 0 Å². The van der Waals surface area contributed by atoms with E-state index in [1.807, 2.05) is 36.4 Å². The molecule has 1 aliphatic rings. The zero-order valence-corrected chi connectivity index (χ0v) is 19.3. The maximum Gasteiger partial charge on any atom is 0.273 e. The van der Waals surface area contributed by atoms with Crippen LogP contribution < -0.4 is 19.5 Å². The fourth-order valence-electron chi connectivity index (χ4n) is 4.54. The molecule has 0 saturated heterocycles. The van der Waals surface area contributed by atoms with Gasteiger partial charge in [0.15, 0.2) is 23.1 Å². The smallest absolute Gasteiger partial charge is 0.273 e. The molecule has 0 unspecified atom stereocenters. The molecule has 1 heterocycles. The van der Waals surface area contributed by atoms with Gasteiger partial charge in [-0.1, -0.05) is 31.0 Å². The molecule has 1 N–H and O–H groups in total. The number of methoxy groups -OCH3 is 3. The highest BCUT2D eigenvalue weighted by Gasteiger charge is 2.36. The number of carbonyl (C=O) groups excluding carboxylic acids is 1. The predicted octanol–water partition coefficient (Wildman–Crippen LogP) is 4.53. The lowest BCUT2D eigenvalue weighted by Gasteiger charge is -2.30. The van der Waals surface area contributed by atoms with E-state index in [0.717, 1.165) is 42.6 Å². The van der Waals surface area contributed by atoms with Gasteiger partial charge in [0.2, 0.25) is 0 Å². The molecule has 1 aliphatic carbocycles. The minimum Gasteiger partial charge on any atom is -0.497 e. The van der Waals surface area contributed by atoms with Gasteiger partial charge in [-0.25, -0.2) is 4.98 Å². The van der Waals surface area contributed by atoms with Gasteiger partial charge in [-0.15, -0.1) is 0 Å². The molecule has 1 fully saturated rings. The number of benzene rings is 2. The number of rotatable bonds is 9. The summed E-state index contributed by atoms with van der Waals surface area (Å²) in [6.45, 7) is 0.530. The Kier molecular flexibility index (Phi) is 6.87. The fourth-order valence-corrected chi connectivity index (χ4v) is 4.54. The quantitative estimate of drug-likeness (QED) is 0.516. The van der Waals surface area contributed by atoms with Gasteiger partial charge in [-0.2, -0.15) is 0 Å². The zero-order valence-electron chi connectivity index (χ0n) is 19.3. The van der Waals surface area contributed by atoms with Gasteiger partial charge in [0, 0.05) is 18.4 Å². The minimum atomic E-state index is -0.230. The van der Waals surface area contributed by atoms with Gasteiger partial charge < -0.3 is 23.9 Å². The highest BCUT2D eigenvalue weighted by Crippen LogP contribution is 2.43. The van der Waals surface area contributed by atoms with Crippen LogP contribution in [0.5, 0.6) is 17.2 Å². The van der Waals surface area contributed by atoms with Gasteiger partial charge in [-0.05, 0) is 48.2 Å². The van der Waals surface area contributed by atoms with E-state index in [9.17, 15) is 4.79 Å². The standard InChI is InChI=1S/C26H30N2O5/c1-30-20-9-6-18(7-10-20)14-24-28-21(16-33-24)25(29)27-17-26(12-4-5-13-26)19-8-11-22(31-2)23(15-19)32-3/h6-11,15-16H,4-5,12-14,17H2,1-3H3,(H,27,29). The van der Waals surface area contributed by atoms with E-state index in [4.69, 9.17) is 18.6 Å².